The molecule has 1 aromatic rings. The van der Waals surface area contributed by atoms with E-state index >= 15 is 0 Å². The van der Waals surface area contributed by atoms with E-state index in [1.165, 1.54) is 13.2 Å². The topological polar surface area (TPSA) is 85.6 Å². The molecule has 2 unspecified atom stereocenters. The van der Waals surface area contributed by atoms with Crippen molar-refractivity contribution in [2.75, 3.05) is 37.5 Å². The van der Waals surface area contributed by atoms with Crippen LogP contribution < -0.4 is 16.4 Å². The number of ether oxygens (including phenoxy) is 2. The van der Waals surface area contributed by atoms with Gasteiger partial charge in [0, 0.05) is 25.9 Å². The van der Waals surface area contributed by atoms with E-state index in [4.69, 9.17) is 15.2 Å². The van der Waals surface area contributed by atoms with E-state index in [0.29, 0.717) is 17.9 Å². The van der Waals surface area contributed by atoms with Gasteiger partial charge in [0.1, 0.15) is 11.9 Å². The summed E-state index contributed by atoms with van der Waals surface area (Å²) in [6, 6.07) is 3.68. The van der Waals surface area contributed by atoms with Gasteiger partial charge >= 0.3 is 0 Å². The smallest absolute Gasteiger partial charge is 0.243 e. The number of carbonyl (C=O) groups excluding carboxylic acids is 1. The minimum atomic E-state index is -0.787. The average molecular weight is 384 g/mol. The zero-order valence-electron chi connectivity index (χ0n) is 13.4. The van der Waals surface area contributed by atoms with Crippen LogP contribution in [0.3, 0.4) is 0 Å². The number of nitrogens with two attached hydrogens (primary N) is 1. The molecule has 4 N–H and O–H groups in total. The van der Waals surface area contributed by atoms with Gasteiger partial charge in [0.2, 0.25) is 5.91 Å². The highest BCUT2D eigenvalue weighted by Crippen LogP contribution is 2.20. The first kappa shape index (κ1) is 22.9. The second kappa shape index (κ2) is 11.4. The predicted octanol–water partition coefficient (Wildman–Crippen LogP) is 2.17. The Balaban J connectivity index is 0.00000264. The van der Waals surface area contributed by atoms with Crippen molar-refractivity contribution in [1.82, 2.24) is 0 Å². The lowest BCUT2D eigenvalue weighted by atomic mass is 10.2. The van der Waals surface area contributed by atoms with E-state index in [2.05, 4.69) is 10.6 Å². The molecule has 138 valence electrons. The van der Waals surface area contributed by atoms with E-state index in [1.807, 2.05) is 0 Å². The van der Waals surface area contributed by atoms with Gasteiger partial charge in [0.15, 0.2) is 0 Å². The summed E-state index contributed by atoms with van der Waals surface area (Å²) in [4.78, 5) is 11.7. The van der Waals surface area contributed by atoms with Gasteiger partial charge < -0.3 is 25.8 Å². The number of halogens is 3. The normalized spacial score (nSPS) is 17.4. The van der Waals surface area contributed by atoms with E-state index in [0.717, 1.165) is 19.4 Å². The number of methoxy groups -OCH3 is 1. The highest BCUT2D eigenvalue weighted by Gasteiger charge is 2.16. The van der Waals surface area contributed by atoms with Gasteiger partial charge in [-0.2, -0.15) is 0 Å². The fourth-order valence-electron chi connectivity index (χ4n) is 2.26. The fourth-order valence-corrected chi connectivity index (χ4v) is 2.26. The molecule has 1 aliphatic rings. The Labute approximate surface area is 153 Å². The number of rotatable bonds is 7. The first-order valence-electron chi connectivity index (χ1n) is 7.30. The third-order valence-electron chi connectivity index (χ3n) is 3.46. The third-order valence-corrected chi connectivity index (χ3v) is 3.46. The van der Waals surface area contributed by atoms with Gasteiger partial charge in [-0.1, -0.05) is 0 Å². The van der Waals surface area contributed by atoms with Crippen LogP contribution in [0, 0.1) is 5.82 Å². The molecule has 0 spiro atoms. The SMILES string of the molecule is COCC(N)C(=O)Nc1ccc(NCC2CCCO2)c(F)c1.Cl.Cl. The number of amides is 1. The van der Waals surface area contributed by atoms with Crippen LogP contribution in [-0.2, 0) is 14.3 Å². The zero-order valence-corrected chi connectivity index (χ0v) is 15.1. The summed E-state index contributed by atoms with van der Waals surface area (Å²) in [6.07, 6.45) is 2.16. The third kappa shape index (κ3) is 6.78. The Bertz CT molecular complexity index is 517. The highest BCUT2D eigenvalue weighted by atomic mass is 35.5. The summed E-state index contributed by atoms with van der Waals surface area (Å²) in [5.41, 5.74) is 6.35. The van der Waals surface area contributed by atoms with E-state index in [1.54, 1.807) is 12.1 Å². The van der Waals surface area contributed by atoms with Gasteiger partial charge in [-0.05, 0) is 31.0 Å². The van der Waals surface area contributed by atoms with Crippen LogP contribution in [0.15, 0.2) is 18.2 Å². The summed E-state index contributed by atoms with van der Waals surface area (Å²) in [6.45, 7) is 1.44. The van der Waals surface area contributed by atoms with Crippen LogP contribution in [0.5, 0.6) is 0 Å². The number of carbonyl (C=O) groups is 1. The van der Waals surface area contributed by atoms with E-state index in [-0.39, 0.29) is 37.5 Å². The van der Waals surface area contributed by atoms with Crippen molar-refractivity contribution in [1.29, 1.82) is 0 Å². The zero-order chi connectivity index (χ0) is 15.9. The van der Waals surface area contributed by atoms with Crippen molar-refractivity contribution in [3.63, 3.8) is 0 Å². The van der Waals surface area contributed by atoms with Crippen molar-refractivity contribution in [2.24, 2.45) is 5.73 Å². The second-order valence-corrected chi connectivity index (χ2v) is 5.26. The maximum Gasteiger partial charge on any atom is 0.243 e. The summed E-state index contributed by atoms with van der Waals surface area (Å²) in [7, 11) is 1.46. The molecule has 1 amide bonds. The van der Waals surface area contributed by atoms with Crippen LogP contribution in [-0.4, -0.2) is 44.9 Å². The quantitative estimate of drug-likeness (QED) is 0.671. The molecule has 1 saturated heterocycles. The number of anilines is 2. The first-order valence-corrected chi connectivity index (χ1v) is 7.30. The Morgan fingerprint density at radius 2 is 2.25 bits per heavy atom. The number of nitrogens with one attached hydrogen (secondary N) is 2. The van der Waals surface area contributed by atoms with Crippen LogP contribution >= 0.6 is 24.8 Å². The molecule has 1 fully saturated rings. The molecule has 1 heterocycles. The molecule has 2 atom stereocenters. The van der Waals surface area contributed by atoms with Gasteiger partial charge in [0.25, 0.3) is 0 Å². The predicted molar refractivity (Wildman–Crippen MR) is 96.8 cm³/mol. The van der Waals surface area contributed by atoms with Gasteiger partial charge in [-0.3, -0.25) is 4.79 Å². The van der Waals surface area contributed by atoms with Crippen LogP contribution in [0.4, 0.5) is 15.8 Å². The Hall–Kier alpha value is -1.12. The Morgan fingerprint density at radius 1 is 1.50 bits per heavy atom. The lowest BCUT2D eigenvalue weighted by Crippen LogP contribution is -2.39. The van der Waals surface area contributed by atoms with Crippen molar-refractivity contribution in [3.05, 3.63) is 24.0 Å². The maximum atomic E-state index is 14.0. The van der Waals surface area contributed by atoms with Crippen molar-refractivity contribution in [3.8, 4) is 0 Å². The molecule has 0 bridgehead atoms. The lowest BCUT2D eigenvalue weighted by molar-refractivity contribution is -0.118. The number of hydrogen-bond donors (Lipinski definition) is 3. The number of benzene rings is 1. The molecule has 0 aliphatic carbocycles. The molecule has 0 saturated carbocycles. The van der Waals surface area contributed by atoms with E-state index < -0.39 is 17.8 Å². The fraction of sp³-hybridized carbons (Fsp3) is 0.533. The van der Waals surface area contributed by atoms with Gasteiger partial charge in [0.05, 0.1) is 18.4 Å². The minimum Gasteiger partial charge on any atom is -0.383 e. The second-order valence-electron chi connectivity index (χ2n) is 5.26. The Kier molecular flexibility index (Phi) is 10.9. The van der Waals surface area contributed by atoms with Crippen LogP contribution in [0.1, 0.15) is 12.8 Å². The first-order chi connectivity index (χ1) is 10.6. The minimum absolute atomic E-state index is 0. The molecular formula is C15H24Cl2FN3O3. The molecule has 2 rings (SSSR count). The summed E-state index contributed by atoms with van der Waals surface area (Å²) >= 11 is 0. The Morgan fingerprint density at radius 3 is 2.83 bits per heavy atom. The lowest BCUT2D eigenvalue weighted by Gasteiger charge is -2.14. The number of hydrogen-bond acceptors (Lipinski definition) is 5. The van der Waals surface area contributed by atoms with Crippen molar-refractivity contribution in [2.45, 2.75) is 25.0 Å². The molecule has 0 aromatic heterocycles. The molecule has 1 aromatic carbocycles. The van der Waals surface area contributed by atoms with Crippen LogP contribution in [0.2, 0.25) is 0 Å². The summed E-state index contributed by atoms with van der Waals surface area (Å²) < 4.78 is 24.3. The maximum absolute atomic E-state index is 14.0. The molecule has 6 nitrogen and oxygen atoms in total. The van der Waals surface area contributed by atoms with Crippen molar-refractivity contribution < 1.29 is 18.7 Å². The largest absolute Gasteiger partial charge is 0.383 e. The summed E-state index contributed by atoms with van der Waals surface area (Å²) in [5, 5.41) is 5.58. The van der Waals surface area contributed by atoms with Crippen molar-refractivity contribution >= 4 is 42.1 Å². The van der Waals surface area contributed by atoms with Gasteiger partial charge in [-0.15, -0.1) is 24.8 Å². The molecule has 24 heavy (non-hydrogen) atoms. The van der Waals surface area contributed by atoms with Crippen LogP contribution in [0.25, 0.3) is 0 Å². The highest BCUT2D eigenvalue weighted by molar-refractivity contribution is 5.94. The van der Waals surface area contributed by atoms with E-state index in [9.17, 15) is 9.18 Å². The molecular weight excluding hydrogens is 360 g/mol. The monoisotopic (exact) mass is 383 g/mol. The summed E-state index contributed by atoms with van der Waals surface area (Å²) in [5.74, 6) is -0.850. The standard InChI is InChI=1S/C15H22FN3O3.2ClH/c1-21-9-13(17)15(20)19-10-4-5-14(12(16)7-10)18-8-11-3-2-6-22-11;;/h4-5,7,11,13,18H,2-3,6,8-9,17H2,1H3,(H,19,20);2*1H. The molecule has 1 aliphatic heterocycles. The molecule has 9 heteroatoms. The van der Waals surface area contributed by atoms with Gasteiger partial charge in [-0.25, -0.2) is 4.39 Å². The molecule has 0 radical (unpaired) electrons. The average Bonchev–Trinajstić information content (AvgIpc) is 3.00.